The molecule has 0 aliphatic carbocycles. The Morgan fingerprint density at radius 1 is 1.18 bits per heavy atom. The average molecular weight is 251 g/mol. The SMILES string of the molecule is CN(C)CCCCC(CO[N+](=O)[O-])O[N+](=O)[O-]. The van der Waals surface area contributed by atoms with Crippen molar-refractivity contribution in [2.45, 2.75) is 25.4 Å². The van der Waals surface area contributed by atoms with E-state index in [0.717, 1.165) is 13.0 Å². The van der Waals surface area contributed by atoms with Crippen LogP contribution in [-0.4, -0.2) is 48.4 Å². The van der Waals surface area contributed by atoms with Crippen LogP contribution in [0.25, 0.3) is 0 Å². The number of hydrogen-bond donors (Lipinski definition) is 0. The summed E-state index contributed by atoms with van der Waals surface area (Å²) >= 11 is 0. The van der Waals surface area contributed by atoms with Gasteiger partial charge in [0, 0.05) is 0 Å². The lowest BCUT2D eigenvalue weighted by Gasteiger charge is -2.14. The molecule has 0 aromatic rings. The predicted octanol–water partition coefficient (Wildman–Crippen LogP) is 0.504. The maximum atomic E-state index is 10.1. The zero-order valence-corrected chi connectivity index (χ0v) is 9.90. The van der Waals surface area contributed by atoms with E-state index >= 15 is 0 Å². The fourth-order valence-corrected chi connectivity index (χ4v) is 1.23. The van der Waals surface area contributed by atoms with Crippen LogP contribution in [0.2, 0.25) is 0 Å². The summed E-state index contributed by atoms with van der Waals surface area (Å²) in [6, 6.07) is 0. The first-order valence-electron chi connectivity index (χ1n) is 5.15. The van der Waals surface area contributed by atoms with E-state index in [4.69, 9.17) is 0 Å². The van der Waals surface area contributed by atoms with Gasteiger partial charge in [0.25, 0.3) is 10.2 Å². The molecule has 0 N–H and O–H groups in total. The van der Waals surface area contributed by atoms with E-state index in [1.165, 1.54) is 0 Å². The Hall–Kier alpha value is -1.64. The Labute approximate surface area is 98.5 Å². The molecular formula is C8H17N3O6. The lowest BCUT2D eigenvalue weighted by Crippen LogP contribution is -2.25. The van der Waals surface area contributed by atoms with E-state index in [9.17, 15) is 20.2 Å². The van der Waals surface area contributed by atoms with E-state index in [2.05, 4.69) is 9.68 Å². The molecular weight excluding hydrogens is 234 g/mol. The van der Waals surface area contributed by atoms with Gasteiger partial charge in [-0.25, -0.2) is 0 Å². The molecule has 0 aliphatic heterocycles. The summed E-state index contributed by atoms with van der Waals surface area (Å²) in [4.78, 5) is 30.4. The van der Waals surface area contributed by atoms with Crippen LogP contribution in [0.4, 0.5) is 0 Å². The lowest BCUT2D eigenvalue weighted by molar-refractivity contribution is -0.790. The summed E-state index contributed by atoms with van der Waals surface area (Å²) in [5.41, 5.74) is 0. The fraction of sp³-hybridized carbons (Fsp3) is 1.00. The Bertz CT molecular complexity index is 247. The van der Waals surface area contributed by atoms with Crippen molar-refractivity contribution in [1.29, 1.82) is 0 Å². The minimum absolute atomic E-state index is 0.350. The first-order valence-corrected chi connectivity index (χ1v) is 5.15. The summed E-state index contributed by atoms with van der Waals surface area (Å²) in [6.45, 7) is 0.428. The second kappa shape index (κ2) is 8.50. The average Bonchev–Trinajstić information content (AvgIpc) is 2.19. The van der Waals surface area contributed by atoms with Gasteiger partial charge in [0.1, 0.15) is 12.7 Å². The molecule has 0 bridgehead atoms. The molecule has 0 amide bonds. The van der Waals surface area contributed by atoms with Crippen LogP contribution < -0.4 is 0 Å². The van der Waals surface area contributed by atoms with Crippen LogP contribution in [0.3, 0.4) is 0 Å². The van der Waals surface area contributed by atoms with Gasteiger partial charge < -0.3 is 14.6 Å². The lowest BCUT2D eigenvalue weighted by atomic mass is 10.1. The van der Waals surface area contributed by atoms with Crippen molar-refractivity contribution in [2.75, 3.05) is 27.2 Å². The van der Waals surface area contributed by atoms with Crippen LogP contribution in [0.15, 0.2) is 0 Å². The normalized spacial score (nSPS) is 12.2. The van der Waals surface area contributed by atoms with Crippen LogP contribution in [0.1, 0.15) is 19.3 Å². The third-order valence-corrected chi connectivity index (χ3v) is 1.98. The minimum atomic E-state index is -0.990. The Kier molecular flexibility index (Phi) is 7.68. The Morgan fingerprint density at radius 3 is 2.29 bits per heavy atom. The first-order chi connectivity index (χ1) is 7.91. The van der Waals surface area contributed by atoms with Gasteiger partial charge in [-0.05, 0) is 39.9 Å². The molecule has 1 atom stereocenters. The van der Waals surface area contributed by atoms with Crippen molar-refractivity contribution in [1.82, 2.24) is 4.90 Å². The first kappa shape index (κ1) is 15.4. The third kappa shape index (κ3) is 10.6. The second-order valence-corrected chi connectivity index (χ2v) is 3.77. The number of nitrogens with zero attached hydrogens (tertiary/aromatic N) is 3. The Morgan fingerprint density at radius 2 is 1.82 bits per heavy atom. The molecule has 0 aromatic carbocycles. The van der Waals surface area contributed by atoms with Crippen LogP contribution in [0.5, 0.6) is 0 Å². The van der Waals surface area contributed by atoms with Crippen molar-refractivity contribution in [3.05, 3.63) is 20.2 Å². The number of rotatable bonds is 10. The van der Waals surface area contributed by atoms with Crippen molar-refractivity contribution in [3.8, 4) is 0 Å². The highest BCUT2D eigenvalue weighted by Gasteiger charge is 2.15. The monoisotopic (exact) mass is 251 g/mol. The zero-order valence-electron chi connectivity index (χ0n) is 9.90. The molecule has 0 saturated heterocycles. The van der Waals surface area contributed by atoms with Gasteiger partial charge in [0.05, 0.1) is 0 Å². The summed E-state index contributed by atoms with van der Waals surface area (Å²) in [5, 5.41) is 18.2. The summed E-state index contributed by atoms with van der Waals surface area (Å²) in [6.07, 6.45) is 0.973. The van der Waals surface area contributed by atoms with Gasteiger partial charge in [-0.2, -0.15) is 0 Å². The largest absolute Gasteiger partial charge is 0.312 e. The quantitative estimate of drug-likeness (QED) is 0.316. The van der Waals surface area contributed by atoms with Gasteiger partial charge in [-0.3, -0.25) is 0 Å². The van der Waals surface area contributed by atoms with E-state index in [1.807, 2.05) is 19.0 Å². The molecule has 9 heteroatoms. The van der Waals surface area contributed by atoms with Gasteiger partial charge in [-0.15, -0.1) is 20.2 Å². The van der Waals surface area contributed by atoms with Gasteiger partial charge in [0.15, 0.2) is 0 Å². The van der Waals surface area contributed by atoms with E-state index in [1.54, 1.807) is 0 Å². The molecule has 0 radical (unpaired) electrons. The molecule has 9 nitrogen and oxygen atoms in total. The van der Waals surface area contributed by atoms with Crippen LogP contribution >= 0.6 is 0 Å². The molecule has 100 valence electrons. The molecule has 0 heterocycles. The predicted molar refractivity (Wildman–Crippen MR) is 57.2 cm³/mol. The van der Waals surface area contributed by atoms with Crippen molar-refractivity contribution in [2.24, 2.45) is 0 Å². The van der Waals surface area contributed by atoms with E-state index in [0.29, 0.717) is 12.8 Å². The van der Waals surface area contributed by atoms with Crippen molar-refractivity contribution < 1.29 is 19.8 Å². The smallest absolute Gasteiger partial charge is 0.294 e. The molecule has 0 saturated carbocycles. The molecule has 0 aliphatic rings. The summed E-state index contributed by atoms with van der Waals surface area (Å²) < 4.78 is 0. The molecule has 0 fully saturated rings. The van der Waals surface area contributed by atoms with E-state index < -0.39 is 22.9 Å². The topological polar surface area (TPSA) is 108 Å². The molecule has 0 spiro atoms. The summed E-state index contributed by atoms with van der Waals surface area (Å²) in [7, 11) is 3.84. The Balaban J connectivity index is 3.84. The van der Waals surface area contributed by atoms with Gasteiger partial charge in [0.2, 0.25) is 0 Å². The molecule has 17 heavy (non-hydrogen) atoms. The van der Waals surface area contributed by atoms with Crippen molar-refractivity contribution >= 4 is 0 Å². The third-order valence-electron chi connectivity index (χ3n) is 1.98. The second-order valence-electron chi connectivity index (χ2n) is 3.77. The minimum Gasteiger partial charge on any atom is -0.312 e. The molecule has 1 unspecified atom stereocenters. The highest BCUT2D eigenvalue weighted by Crippen LogP contribution is 2.06. The van der Waals surface area contributed by atoms with E-state index in [-0.39, 0.29) is 0 Å². The van der Waals surface area contributed by atoms with Crippen molar-refractivity contribution in [3.63, 3.8) is 0 Å². The fourth-order valence-electron chi connectivity index (χ4n) is 1.23. The highest BCUT2D eigenvalue weighted by molar-refractivity contribution is 4.56. The number of hydrogen-bond acceptors (Lipinski definition) is 7. The highest BCUT2D eigenvalue weighted by atomic mass is 17.0. The van der Waals surface area contributed by atoms with Gasteiger partial charge >= 0.3 is 0 Å². The molecule has 0 aromatic heterocycles. The summed E-state index contributed by atoms with van der Waals surface area (Å²) in [5.74, 6) is 0. The standard InChI is InChI=1S/C8H17N3O6/c1-9(2)6-4-3-5-8(17-11(14)15)7-16-10(12)13/h8H,3-7H2,1-2H3. The van der Waals surface area contributed by atoms with Crippen LogP contribution in [0, 0.1) is 20.2 Å². The maximum absolute atomic E-state index is 10.1. The number of unbranched alkanes of at least 4 members (excludes halogenated alkanes) is 1. The van der Waals surface area contributed by atoms with Gasteiger partial charge in [-0.1, -0.05) is 0 Å². The maximum Gasteiger partial charge on any atom is 0.294 e. The zero-order chi connectivity index (χ0) is 13.3. The van der Waals surface area contributed by atoms with Crippen LogP contribution in [-0.2, 0) is 9.68 Å². The molecule has 0 rings (SSSR count).